The van der Waals surface area contributed by atoms with E-state index >= 15 is 0 Å². The van der Waals surface area contributed by atoms with Crippen LogP contribution < -0.4 is 5.32 Å². The Labute approximate surface area is 178 Å². The Morgan fingerprint density at radius 2 is 1.93 bits per heavy atom. The second kappa shape index (κ2) is 8.56. The molecule has 2 aromatic rings. The minimum absolute atomic E-state index is 0. The Morgan fingerprint density at radius 1 is 1.11 bits per heavy atom. The predicted molar refractivity (Wildman–Crippen MR) is 113 cm³/mol. The molecule has 1 N–H and O–H groups in total. The Hall–Kier alpha value is -1.37. The fraction of sp³-hybridized carbons (Fsp3) is 0.650. The van der Waals surface area contributed by atoms with Crippen molar-refractivity contribution in [3.63, 3.8) is 0 Å². The molecule has 2 saturated heterocycles. The fourth-order valence-corrected chi connectivity index (χ4v) is 5.46. The van der Waals surface area contributed by atoms with Crippen LogP contribution in [0.15, 0.2) is 24.4 Å². The molecule has 8 heteroatoms. The molecule has 3 fully saturated rings. The Morgan fingerprint density at radius 3 is 2.75 bits per heavy atom. The van der Waals surface area contributed by atoms with E-state index in [9.17, 15) is 4.79 Å². The number of likely N-dealkylation sites (tertiary alicyclic amines) is 1. The molecule has 28 heavy (non-hydrogen) atoms. The van der Waals surface area contributed by atoms with Crippen molar-refractivity contribution in [2.75, 3.05) is 26.2 Å². The van der Waals surface area contributed by atoms with E-state index in [1.54, 1.807) is 0 Å². The lowest BCUT2D eigenvalue weighted by atomic mass is 9.67. The number of hydrogen-bond acceptors (Lipinski definition) is 4. The first-order chi connectivity index (χ1) is 12.8. The second-order valence-electron chi connectivity index (χ2n) is 8.28. The highest BCUT2D eigenvalue weighted by atomic mass is 35.5. The van der Waals surface area contributed by atoms with E-state index in [-0.39, 0.29) is 30.2 Å². The maximum atomic E-state index is 13.4. The number of rotatable bonds is 2. The number of hydrogen-bond donors (Lipinski definition) is 1. The summed E-state index contributed by atoms with van der Waals surface area (Å²) < 4.78 is 2.10. The van der Waals surface area contributed by atoms with Gasteiger partial charge in [-0.25, -0.2) is 0 Å². The molecule has 5 rings (SSSR count). The zero-order chi connectivity index (χ0) is 17.6. The van der Waals surface area contributed by atoms with Crippen LogP contribution in [0.1, 0.15) is 50.3 Å². The van der Waals surface area contributed by atoms with Crippen LogP contribution >= 0.6 is 24.8 Å². The van der Waals surface area contributed by atoms with E-state index in [0.717, 1.165) is 56.9 Å². The summed E-state index contributed by atoms with van der Waals surface area (Å²) in [6.07, 6.45) is 8.76. The molecule has 0 spiro atoms. The number of halogens is 2. The summed E-state index contributed by atoms with van der Waals surface area (Å²) in [6.45, 7) is 3.60. The molecule has 1 amide bonds. The third kappa shape index (κ3) is 3.40. The molecule has 0 bridgehead atoms. The Balaban J connectivity index is 0.00000112. The van der Waals surface area contributed by atoms with E-state index in [0.29, 0.717) is 17.7 Å². The summed E-state index contributed by atoms with van der Waals surface area (Å²) >= 11 is 0. The van der Waals surface area contributed by atoms with Crippen molar-refractivity contribution in [2.24, 2.45) is 11.3 Å². The molecule has 2 aliphatic heterocycles. The smallest absolute Gasteiger partial charge is 0.230 e. The summed E-state index contributed by atoms with van der Waals surface area (Å²) in [6, 6.07) is 6.00. The zero-order valence-electron chi connectivity index (χ0n) is 16.0. The molecular weight excluding hydrogens is 397 g/mol. The van der Waals surface area contributed by atoms with Gasteiger partial charge in [-0.3, -0.25) is 9.20 Å². The number of carbonyl (C=O) groups excluding carboxylic acids is 1. The summed E-state index contributed by atoms with van der Waals surface area (Å²) in [5, 5.41) is 12.2. The van der Waals surface area contributed by atoms with Crippen molar-refractivity contribution in [3.8, 4) is 0 Å². The molecule has 1 aliphatic carbocycles. The lowest BCUT2D eigenvalue weighted by Crippen LogP contribution is -2.51. The maximum Gasteiger partial charge on any atom is 0.230 e. The van der Waals surface area contributed by atoms with Crippen molar-refractivity contribution >= 4 is 36.4 Å². The average molecular weight is 426 g/mol. The van der Waals surface area contributed by atoms with Crippen molar-refractivity contribution in [3.05, 3.63) is 30.2 Å². The van der Waals surface area contributed by atoms with Gasteiger partial charge in [0.25, 0.3) is 0 Å². The highest BCUT2D eigenvalue weighted by Gasteiger charge is 2.51. The number of aromatic nitrogens is 3. The lowest BCUT2D eigenvalue weighted by molar-refractivity contribution is -0.146. The van der Waals surface area contributed by atoms with Crippen LogP contribution in [0.5, 0.6) is 0 Å². The number of piperidine rings is 1. The summed E-state index contributed by atoms with van der Waals surface area (Å²) in [4.78, 5) is 15.6. The maximum absolute atomic E-state index is 13.4. The highest BCUT2D eigenvalue weighted by molar-refractivity contribution is 5.85. The first kappa shape index (κ1) is 21.3. The van der Waals surface area contributed by atoms with Gasteiger partial charge in [0.1, 0.15) is 5.82 Å². The van der Waals surface area contributed by atoms with Crippen LogP contribution in [0.3, 0.4) is 0 Å². The van der Waals surface area contributed by atoms with Crippen LogP contribution in [0.25, 0.3) is 5.65 Å². The first-order valence-electron chi connectivity index (χ1n) is 10.1. The molecule has 0 aromatic carbocycles. The van der Waals surface area contributed by atoms with Gasteiger partial charge in [0, 0.05) is 31.7 Å². The Kier molecular flexibility index (Phi) is 6.52. The van der Waals surface area contributed by atoms with Gasteiger partial charge < -0.3 is 10.2 Å². The van der Waals surface area contributed by atoms with Gasteiger partial charge >= 0.3 is 0 Å². The van der Waals surface area contributed by atoms with E-state index in [2.05, 4.69) is 24.8 Å². The summed E-state index contributed by atoms with van der Waals surface area (Å²) in [7, 11) is 0. The number of fused-ring (bicyclic) bond motifs is 2. The van der Waals surface area contributed by atoms with Gasteiger partial charge in [-0.15, -0.1) is 35.0 Å². The summed E-state index contributed by atoms with van der Waals surface area (Å²) in [5.74, 6) is 2.39. The molecule has 4 heterocycles. The lowest BCUT2D eigenvalue weighted by Gasteiger charge is -2.42. The minimum atomic E-state index is -0.118. The summed E-state index contributed by atoms with van der Waals surface area (Å²) in [5.41, 5.74) is 0.786. The molecule has 2 atom stereocenters. The fourth-order valence-electron chi connectivity index (χ4n) is 5.46. The van der Waals surface area contributed by atoms with Gasteiger partial charge in [-0.1, -0.05) is 18.9 Å². The molecule has 6 nitrogen and oxygen atoms in total. The van der Waals surface area contributed by atoms with E-state index in [4.69, 9.17) is 0 Å². The van der Waals surface area contributed by atoms with Crippen LogP contribution in [-0.2, 0) is 4.79 Å². The third-order valence-electron chi connectivity index (χ3n) is 6.95. The predicted octanol–water partition coefficient (Wildman–Crippen LogP) is 3.06. The third-order valence-corrected chi connectivity index (χ3v) is 6.95. The van der Waals surface area contributed by atoms with E-state index < -0.39 is 0 Å². The van der Waals surface area contributed by atoms with Gasteiger partial charge in [-0.2, -0.15) is 0 Å². The zero-order valence-corrected chi connectivity index (χ0v) is 17.7. The molecule has 3 aliphatic rings. The van der Waals surface area contributed by atoms with Gasteiger partial charge in [-0.05, 0) is 50.3 Å². The van der Waals surface area contributed by atoms with Gasteiger partial charge in [0.15, 0.2) is 5.65 Å². The monoisotopic (exact) mass is 425 g/mol. The van der Waals surface area contributed by atoms with Gasteiger partial charge in [0.05, 0.1) is 5.41 Å². The molecule has 154 valence electrons. The van der Waals surface area contributed by atoms with Crippen LogP contribution in [0.2, 0.25) is 0 Å². The SMILES string of the molecule is Cl.Cl.O=C(N1CCC(c2nnc3ccccn23)CC1)[C@@]12CCCC[C@H]1CNC2. The topological polar surface area (TPSA) is 62.5 Å². The molecule has 0 radical (unpaired) electrons. The van der Waals surface area contributed by atoms with E-state index in [1.807, 2.05) is 24.4 Å². The first-order valence-corrected chi connectivity index (χ1v) is 10.1. The number of nitrogens with zero attached hydrogens (tertiary/aromatic N) is 4. The Bertz CT molecular complexity index is 820. The molecular formula is C20H29Cl2N5O. The minimum Gasteiger partial charge on any atom is -0.342 e. The second-order valence-corrected chi connectivity index (χ2v) is 8.28. The van der Waals surface area contributed by atoms with Crippen molar-refractivity contribution in [1.82, 2.24) is 24.8 Å². The van der Waals surface area contributed by atoms with Crippen LogP contribution in [-0.4, -0.2) is 51.6 Å². The van der Waals surface area contributed by atoms with Crippen molar-refractivity contribution in [1.29, 1.82) is 0 Å². The number of nitrogens with one attached hydrogen (secondary N) is 1. The normalized spacial score (nSPS) is 27.7. The molecule has 2 aromatic heterocycles. The average Bonchev–Trinajstić information content (AvgIpc) is 3.32. The van der Waals surface area contributed by atoms with E-state index in [1.165, 1.54) is 19.3 Å². The number of carbonyl (C=O) groups is 1. The molecule has 0 unspecified atom stereocenters. The standard InChI is InChI=1S/C20H27N5O.2ClH/c26-19(20-9-3-1-5-16(20)13-21-14-20)24-11-7-15(8-12-24)18-23-22-17-6-2-4-10-25(17)18;;/h2,4,6,10,15-16,21H,1,3,5,7-9,11-14H2;2*1H/t16-,20+;;/m0../s1. The van der Waals surface area contributed by atoms with Crippen molar-refractivity contribution in [2.45, 2.75) is 44.4 Å². The quantitative estimate of drug-likeness (QED) is 0.802. The van der Waals surface area contributed by atoms with Gasteiger partial charge in [0.2, 0.25) is 5.91 Å². The van der Waals surface area contributed by atoms with Crippen molar-refractivity contribution < 1.29 is 4.79 Å². The highest BCUT2D eigenvalue weighted by Crippen LogP contribution is 2.45. The number of amides is 1. The molecule has 1 saturated carbocycles. The van der Waals surface area contributed by atoms with Crippen LogP contribution in [0, 0.1) is 11.3 Å². The largest absolute Gasteiger partial charge is 0.342 e. The van der Waals surface area contributed by atoms with Crippen LogP contribution in [0.4, 0.5) is 0 Å². The number of pyridine rings is 1.